The van der Waals surface area contributed by atoms with Gasteiger partial charge in [-0.05, 0) is 31.1 Å². The second kappa shape index (κ2) is 3.59. The first-order chi connectivity index (χ1) is 7.33. The van der Waals surface area contributed by atoms with Gasteiger partial charge in [0.15, 0.2) is 5.13 Å². The van der Waals surface area contributed by atoms with Crippen molar-refractivity contribution in [2.45, 2.75) is 25.7 Å². The lowest BCUT2D eigenvalue weighted by molar-refractivity contribution is -0.121. The number of carbonyl (C=O) groups excluding carboxylic acids is 1. The van der Waals surface area contributed by atoms with E-state index in [9.17, 15) is 4.79 Å². The van der Waals surface area contributed by atoms with Gasteiger partial charge in [-0.3, -0.25) is 4.79 Å². The summed E-state index contributed by atoms with van der Waals surface area (Å²) in [6.45, 7) is 0. The van der Waals surface area contributed by atoms with Crippen molar-refractivity contribution in [2.75, 3.05) is 5.32 Å². The van der Waals surface area contributed by atoms with Crippen molar-refractivity contribution in [2.24, 2.45) is 17.8 Å². The van der Waals surface area contributed by atoms with E-state index < -0.39 is 0 Å². The zero-order valence-electron chi connectivity index (χ0n) is 8.48. The molecular weight excluding hydrogens is 208 g/mol. The standard InChI is InChI=1S/C11H14N2OS/c14-10(13-11-12-3-4-15-11)9-6-7-1-2-8(9)5-7/h3-4,7-9H,1-2,5-6H2,(H,12,13,14)/t7-,8-,9+/m1/s1. The molecule has 80 valence electrons. The highest BCUT2D eigenvalue weighted by molar-refractivity contribution is 7.13. The Bertz CT molecular complexity index is 363. The van der Waals surface area contributed by atoms with Crippen LogP contribution < -0.4 is 5.32 Å². The van der Waals surface area contributed by atoms with Crippen LogP contribution in [0.25, 0.3) is 0 Å². The van der Waals surface area contributed by atoms with Crippen LogP contribution in [0.15, 0.2) is 11.6 Å². The van der Waals surface area contributed by atoms with Crippen molar-refractivity contribution < 1.29 is 4.79 Å². The molecule has 1 heterocycles. The second-order valence-corrected chi connectivity index (χ2v) is 5.50. The minimum Gasteiger partial charge on any atom is -0.302 e. The summed E-state index contributed by atoms with van der Waals surface area (Å²) in [4.78, 5) is 16.0. The lowest BCUT2D eigenvalue weighted by Crippen LogP contribution is -2.27. The number of hydrogen-bond donors (Lipinski definition) is 1. The van der Waals surface area contributed by atoms with Gasteiger partial charge in [-0.15, -0.1) is 11.3 Å². The molecule has 1 aromatic heterocycles. The van der Waals surface area contributed by atoms with E-state index in [1.807, 2.05) is 5.38 Å². The van der Waals surface area contributed by atoms with E-state index >= 15 is 0 Å². The number of nitrogens with zero attached hydrogens (tertiary/aromatic N) is 1. The van der Waals surface area contributed by atoms with Crippen LogP contribution in [-0.4, -0.2) is 10.9 Å². The number of nitrogens with one attached hydrogen (secondary N) is 1. The van der Waals surface area contributed by atoms with Crippen molar-refractivity contribution in [1.82, 2.24) is 4.98 Å². The summed E-state index contributed by atoms with van der Waals surface area (Å²) in [6, 6.07) is 0. The monoisotopic (exact) mass is 222 g/mol. The molecule has 1 amide bonds. The number of thiazole rings is 1. The van der Waals surface area contributed by atoms with Crippen LogP contribution in [0.2, 0.25) is 0 Å². The van der Waals surface area contributed by atoms with Crippen LogP contribution >= 0.6 is 11.3 Å². The summed E-state index contributed by atoms with van der Waals surface area (Å²) >= 11 is 1.49. The number of hydrogen-bond acceptors (Lipinski definition) is 3. The number of anilines is 1. The van der Waals surface area contributed by atoms with Gasteiger partial charge in [0.2, 0.25) is 5.91 Å². The zero-order valence-corrected chi connectivity index (χ0v) is 9.30. The molecule has 1 aromatic rings. The topological polar surface area (TPSA) is 42.0 Å². The number of fused-ring (bicyclic) bond motifs is 2. The van der Waals surface area contributed by atoms with Crippen LogP contribution in [0.3, 0.4) is 0 Å². The van der Waals surface area contributed by atoms with E-state index in [1.165, 1.54) is 30.6 Å². The fourth-order valence-electron chi connectivity index (χ4n) is 3.05. The van der Waals surface area contributed by atoms with Crippen molar-refractivity contribution in [3.63, 3.8) is 0 Å². The third-order valence-electron chi connectivity index (χ3n) is 3.74. The molecule has 2 bridgehead atoms. The fourth-order valence-corrected chi connectivity index (χ4v) is 3.58. The highest BCUT2D eigenvalue weighted by Gasteiger charge is 2.43. The van der Waals surface area contributed by atoms with E-state index in [0.717, 1.165) is 17.5 Å². The van der Waals surface area contributed by atoms with Gasteiger partial charge >= 0.3 is 0 Å². The highest BCUT2D eigenvalue weighted by atomic mass is 32.1. The molecule has 0 aromatic carbocycles. The predicted molar refractivity (Wildman–Crippen MR) is 59.7 cm³/mol. The van der Waals surface area contributed by atoms with Crippen molar-refractivity contribution in [3.05, 3.63) is 11.6 Å². The van der Waals surface area contributed by atoms with Crippen molar-refractivity contribution in [3.8, 4) is 0 Å². The molecule has 1 N–H and O–H groups in total. The van der Waals surface area contributed by atoms with Crippen LogP contribution in [0.4, 0.5) is 5.13 Å². The van der Waals surface area contributed by atoms with Crippen molar-refractivity contribution >= 4 is 22.4 Å². The van der Waals surface area contributed by atoms with Crippen molar-refractivity contribution in [1.29, 1.82) is 0 Å². The van der Waals surface area contributed by atoms with Crippen LogP contribution in [0.5, 0.6) is 0 Å². The predicted octanol–water partition coefficient (Wildman–Crippen LogP) is 2.52. The van der Waals surface area contributed by atoms with Crippen LogP contribution in [-0.2, 0) is 4.79 Å². The molecule has 15 heavy (non-hydrogen) atoms. The Hall–Kier alpha value is -0.900. The minimum absolute atomic E-state index is 0.192. The molecule has 2 aliphatic rings. The van der Waals surface area contributed by atoms with Crippen LogP contribution in [0.1, 0.15) is 25.7 Å². The maximum atomic E-state index is 12.0. The molecule has 0 aliphatic heterocycles. The molecular formula is C11H14N2OS. The molecule has 2 aliphatic carbocycles. The van der Waals surface area contributed by atoms with Gasteiger partial charge in [0.25, 0.3) is 0 Å². The molecule has 0 spiro atoms. The van der Waals surface area contributed by atoms with E-state index in [4.69, 9.17) is 0 Å². The molecule has 4 heteroatoms. The molecule has 2 saturated carbocycles. The maximum Gasteiger partial charge on any atom is 0.229 e. The average Bonchev–Trinajstić information content (AvgIpc) is 2.93. The summed E-state index contributed by atoms with van der Waals surface area (Å²) in [5, 5.41) is 5.54. The first-order valence-corrected chi connectivity index (χ1v) is 6.41. The van der Waals surface area contributed by atoms with Crippen LogP contribution in [0, 0.1) is 17.8 Å². The molecule has 3 atom stereocenters. The van der Waals surface area contributed by atoms with Gasteiger partial charge in [0, 0.05) is 17.5 Å². The van der Waals surface area contributed by atoms with Gasteiger partial charge in [-0.1, -0.05) is 6.42 Å². The molecule has 3 rings (SSSR count). The smallest absolute Gasteiger partial charge is 0.229 e. The second-order valence-electron chi connectivity index (χ2n) is 4.61. The normalized spacial score (nSPS) is 33.2. The average molecular weight is 222 g/mol. The number of amides is 1. The molecule has 0 saturated heterocycles. The maximum absolute atomic E-state index is 12.0. The summed E-state index contributed by atoms with van der Waals surface area (Å²) in [6.07, 6.45) is 6.69. The third kappa shape index (κ3) is 1.67. The Morgan fingerprint density at radius 2 is 2.40 bits per heavy atom. The van der Waals surface area contributed by atoms with E-state index in [2.05, 4.69) is 10.3 Å². The first-order valence-electron chi connectivity index (χ1n) is 5.53. The van der Waals surface area contributed by atoms with Gasteiger partial charge in [0.05, 0.1) is 0 Å². The summed E-state index contributed by atoms with van der Waals surface area (Å²) in [7, 11) is 0. The Labute approximate surface area is 92.9 Å². The number of carbonyl (C=O) groups is 1. The zero-order chi connectivity index (χ0) is 10.3. The number of aromatic nitrogens is 1. The van der Waals surface area contributed by atoms with E-state index in [-0.39, 0.29) is 11.8 Å². The summed E-state index contributed by atoms with van der Waals surface area (Å²) in [5.74, 6) is 1.92. The van der Waals surface area contributed by atoms with Gasteiger partial charge in [-0.2, -0.15) is 0 Å². The SMILES string of the molecule is O=C(Nc1nccs1)[C@H]1C[C@@H]2CC[C@@H]1C2. The minimum atomic E-state index is 0.192. The first kappa shape index (κ1) is 9.33. The Morgan fingerprint density at radius 3 is 3.00 bits per heavy atom. The molecule has 3 nitrogen and oxygen atoms in total. The Morgan fingerprint density at radius 1 is 1.47 bits per heavy atom. The van der Waals surface area contributed by atoms with E-state index in [0.29, 0.717) is 5.92 Å². The highest BCUT2D eigenvalue weighted by Crippen LogP contribution is 2.48. The third-order valence-corrected chi connectivity index (χ3v) is 4.43. The quantitative estimate of drug-likeness (QED) is 0.835. The summed E-state index contributed by atoms with van der Waals surface area (Å²) < 4.78 is 0. The fraction of sp³-hybridized carbons (Fsp3) is 0.636. The lowest BCUT2D eigenvalue weighted by Gasteiger charge is -2.19. The Kier molecular flexibility index (Phi) is 2.24. The summed E-state index contributed by atoms with van der Waals surface area (Å²) in [5.41, 5.74) is 0. The molecule has 2 fully saturated rings. The van der Waals surface area contributed by atoms with Gasteiger partial charge < -0.3 is 5.32 Å². The molecule has 0 unspecified atom stereocenters. The van der Waals surface area contributed by atoms with Gasteiger partial charge in [-0.25, -0.2) is 4.98 Å². The number of rotatable bonds is 2. The Balaban J connectivity index is 1.66. The largest absolute Gasteiger partial charge is 0.302 e. The molecule has 0 radical (unpaired) electrons. The lowest BCUT2D eigenvalue weighted by atomic mass is 9.88. The van der Waals surface area contributed by atoms with Gasteiger partial charge in [0.1, 0.15) is 0 Å². The van der Waals surface area contributed by atoms with E-state index in [1.54, 1.807) is 6.20 Å².